The Balaban J connectivity index is 2.50. The first kappa shape index (κ1) is 12.5. The van der Waals surface area contributed by atoms with E-state index in [1.807, 2.05) is 13.8 Å². The van der Waals surface area contributed by atoms with Gasteiger partial charge in [0.25, 0.3) is 0 Å². The highest BCUT2D eigenvalue weighted by Crippen LogP contribution is 2.29. The highest BCUT2D eigenvalue weighted by molar-refractivity contribution is 5.75. The van der Waals surface area contributed by atoms with Crippen LogP contribution in [0.4, 0.5) is 0 Å². The molecule has 1 saturated carbocycles. The molecule has 0 N–H and O–H groups in total. The Hall–Kier alpha value is -0.570. The number of hydrogen-bond donors (Lipinski definition) is 0. The van der Waals surface area contributed by atoms with Crippen LogP contribution in [-0.4, -0.2) is 36.1 Å². The molecule has 0 heterocycles. The summed E-state index contributed by atoms with van der Waals surface area (Å²) in [6.07, 6.45) is 2.47. The van der Waals surface area contributed by atoms with Gasteiger partial charge in [0.2, 0.25) is 0 Å². The van der Waals surface area contributed by atoms with E-state index in [-0.39, 0.29) is 12.0 Å². The third kappa shape index (κ3) is 3.82. The molecular formula is C12H23NO2. The van der Waals surface area contributed by atoms with E-state index in [1.54, 1.807) is 0 Å². The molecule has 1 unspecified atom stereocenters. The molecule has 88 valence electrons. The first-order valence-corrected chi connectivity index (χ1v) is 5.98. The topological polar surface area (TPSA) is 29.5 Å². The van der Waals surface area contributed by atoms with Crippen LogP contribution in [0.3, 0.4) is 0 Å². The van der Waals surface area contributed by atoms with Crippen molar-refractivity contribution in [3.8, 4) is 0 Å². The van der Waals surface area contributed by atoms with Gasteiger partial charge in [-0.25, -0.2) is 0 Å². The average molecular weight is 213 g/mol. The third-order valence-corrected chi connectivity index (χ3v) is 2.72. The minimum Gasteiger partial charge on any atom is -0.465 e. The van der Waals surface area contributed by atoms with E-state index in [4.69, 9.17) is 4.74 Å². The second-order valence-electron chi connectivity index (χ2n) is 4.75. The molecule has 0 aromatic rings. The summed E-state index contributed by atoms with van der Waals surface area (Å²) >= 11 is 0. The smallest absolute Gasteiger partial charge is 0.323 e. The van der Waals surface area contributed by atoms with Gasteiger partial charge in [-0.15, -0.1) is 0 Å². The Morgan fingerprint density at radius 1 is 1.40 bits per heavy atom. The van der Waals surface area contributed by atoms with Crippen molar-refractivity contribution in [1.82, 2.24) is 4.90 Å². The molecule has 0 aromatic carbocycles. The molecule has 0 spiro atoms. The van der Waals surface area contributed by atoms with Gasteiger partial charge in [0.15, 0.2) is 0 Å². The van der Waals surface area contributed by atoms with Gasteiger partial charge in [-0.05, 0) is 32.6 Å². The van der Waals surface area contributed by atoms with Gasteiger partial charge < -0.3 is 4.74 Å². The summed E-state index contributed by atoms with van der Waals surface area (Å²) < 4.78 is 5.06. The minimum atomic E-state index is -0.0835. The maximum absolute atomic E-state index is 11.6. The Bertz CT molecular complexity index is 212. The summed E-state index contributed by atoms with van der Waals surface area (Å²) in [7, 11) is 0. The minimum absolute atomic E-state index is 0.0787. The summed E-state index contributed by atoms with van der Waals surface area (Å²) in [5.74, 6) is 0.521. The molecule has 1 aliphatic carbocycles. The fourth-order valence-electron chi connectivity index (χ4n) is 1.85. The second-order valence-corrected chi connectivity index (χ2v) is 4.75. The van der Waals surface area contributed by atoms with Gasteiger partial charge >= 0.3 is 5.97 Å². The SMILES string of the molecule is CCOC(=O)C(C)N(CC(C)C)C1CC1. The predicted octanol–water partition coefficient (Wildman–Crippen LogP) is 2.06. The predicted molar refractivity (Wildman–Crippen MR) is 60.7 cm³/mol. The molecule has 1 rings (SSSR count). The van der Waals surface area contributed by atoms with Crippen molar-refractivity contribution in [3.05, 3.63) is 0 Å². The summed E-state index contributed by atoms with van der Waals surface area (Å²) in [6, 6.07) is 0.534. The Morgan fingerprint density at radius 2 is 2.00 bits per heavy atom. The molecule has 1 atom stereocenters. The Kier molecular flexibility index (Phi) is 4.58. The lowest BCUT2D eigenvalue weighted by Gasteiger charge is -2.28. The van der Waals surface area contributed by atoms with Crippen LogP contribution in [0.15, 0.2) is 0 Å². The number of hydrogen-bond acceptors (Lipinski definition) is 3. The Labute approximate surface area is 92.8 Å². The van der Waals surface area contributed by atoms with Crippen LogP contribution >= 0.6 is 0 Å². The van der Waals surface area contributed by atoms with E-state index in [1.165, 1.54) is 12.8 Å². The zero-order valence-electron chi connectivity index (χ0n) is 10.3. The highest BCUT2D eigenvalue weighted by Gasteiger charge is 2.35. The van der Waals surface area contributed by atoms with E-state index in [0.717, 1.165) is 6.54 Å². The van der Waals surface area contributed by atoms with Gasteiger partial charge in [0.1, 0.15) is 6.04 Å². The van der Waals surface area contributed by atoms with E-state index in [9.17, 15) is 4.79 Å². The van der Waals surface area contributed by atoms with Gasteiger partial charge in [-0.1, -0.05) is 13.8 Å². The van der Waals surface area contributed by atoms with Crippen molar-refractivity contribution < 1.29 is 9.53 Å². The number of rotatable bonds is 6. The van der Waals surface area contributed by atoms with E-state index < -0.39 is 0 Å². The fraction of sp³-hybridized carbons (Fsp3) is 0.917. The zero-order chi connectivity index (χ0) is 11.4. The van der Waals surface area contributed by atoms with Gasteiger partial charge in [-0.3, -0.25) is 9.69 Å². The molecular weight excluding hydrogens is 190 g/mol. The number of nitrogens with zero attached hydrogens (tertiary/aromatic N) is 1. The van der Waals surface area contributed by atoms with Crippen LogP contribution in [0.2, 0.25) is 0 Å². The number of carbonyl (C=O) groups excluding carboxylic acids is 1. The molecule has 3 nitrogen and oxygen atoms in total. The van der Waals surface area contributed by atoms with E-state index >= 15 is 0 Å². The maximum atomic E-state index is 11.6. The molecule has 0 aliphatic heterocycles. The molecule has 15 heavy (non-hydrogen) atoms. The monoisotopic (exact) mass is 213 g/mol. The van der Waals surface area contributed by atoms with Crippen molar-refractivity contribution in [3.63, 3.8) is 0 Å². The average Bonchev–Trinajstić information content (AvgIpc) is 2.96. The van der Waals surface area contributed by atoms with Crippen molar-refractivity contribution in [2.24, 2.45) is 5.92 Å². The summed E-state index contributed by atoms with van der Waals surface area (Å²) in [6.45, 7) is 9.65. The van der Waals surface area contributed by atoms with E-state index in [0.29, 0.717) is 18.6 Å². The van der Waals surface area contributed by atoms with Crippen LogP contribution in [0.25, 0.3) is 0 Å². The van der Waals surface area contributed by atoms with Crippen molar-refractivity contribution >= 4 is 5.97 Å². The fourth-order valence-corrected chi connectivity index (χ4v) is 1.85. The molecule has 3 heteroatoms. The first-order valence-electron chi connectivity index (χ1n) is 5.98. The molecule has 0 saturated heterocycles. The van der Waals surface area contributed by atoms with Gasteiger partial charge in [-0.2, -0.15) is 0 Å². The zero-order valence-corrected chi connectivity index (χ0v) is 10.3. The van der Waals surface area contributed by atoms with E-state index in [2.05, 4.69) is 18.7 Å². The molecule has 0 amide bonds. The molecule has 0 radical (unpaired) electrons. The van der Waals surface area contributed by atoms with Crippen molar-refractivity contribution in [2.75, 3.05) is 13.2 Å². The molecule has 0 aromatic heterocycles. The van der Waals surface area contributed by atoms with Crippen LogP contribution in [0, 0.1) is 5.92 Å². The normalized spacial score (nSPS) is 18.3. The number of ether oxygens (including phenoxy) is 1. The summed E-state index contributed by atoms with van der Waals surface area (Å²) in [5.41, 5.74) is 0. The molecule has 0 bridgehead atoms. The highest BCUT2D eigenvalue weighted by atomic mass is 16.5. The lowest BCUT2D eigenvalue weighted by Crippen LogP contribution is -2.43. The Morgan fingerprint density at radius 3 is 2.40 bits per heavy atom. The molecule has 1 fully saturated rings. The molecule has 1 aliphatic rings. The second kappa shape index (κ2) is 5.50. The van der Waals surface area contributed by atoms with Crippen LogP contribution < -0.4 is 0 Å². The van der Waals surface area contributed by atoms with Crippen LogP contribution in [0.1, 0.15) is 40.5 Å². The summed E-state index contributed by atoms with van der Waals surface area (Å²) in [5, 5.41) is 0. The quantitative estimate of drug-likeness (QED) is 0.632. The number of carbonyl (C=O) groups is 1. The lowest BCUT2D eigenvalue weighted by molar-refractivity contribution is -0.149. The van der Waals surface area contributed by atoms with Crippen molar-refractivity contribution in [1.29, 1.82) is 0 Å². The van der Waals surface area contributed by atoms with Crippen LogP contribution in [-0.2, 0) is 9.53 Å². The maximum Gasteiger partial charge on any atom is 0.323 e. The van der Waals surface area contributed by atoms with Gasteiger partial charge in [0, 0.05) is 12.6 Å². The van der Waals surface area contributed by atoms with Crippen molar-refractivity contribution in [2.45, 2.75) is 52.6 Å². The van der Waals surface area contributed by atoms with Crippen LogP contribution in [0.5, 0.6) is 0 Å². The number of esters is 1. The van der Waals surface area contributed by atoms with Gasteiger partial charge in [0.05, 0.1) is 6.61 Å². The summed E-state index contributed by atoms with van der Waals surface area (Å²) in [4.78, 5) is 13.9. The third-order valence-electron chi connectivity index (χ3n) is 2.72. The lowest BCUT2D eigenvalue weighted by atomic mass is 10.1. The first-order chi connectivity index (χ1) is 7.06. The largest absolute Gasteiger partial charge is 0.465 e. The standard InChI is InChI=1S/C12H23NO2/c1-5-15-12(14)10(4)13(8-9(2)3)11-6-7-11/h9-11H,5-8H2,1-4H3.